The van der Waals surface area contributed by atoms with Gasteiger partial charge >= 0.3 is 11.9 Å². The van der Waals surface area contributed by atoms with E-state index >= 15 is 0 Å². The van der Waals surface area contributed by atoms with Crippen molar-refractivity contribution >= 4 is 27.7 Å². The summed E-state index contributed by atoms with van der Waals surface area (Å²) in [6, 6.07) is 0.912. The van der Waals surface area contributed by atoms with Crippen molar-refractivity contribution in [3.63, 3.8) is 0 Å². The zero-order valence-corrected chi connectivity index (χ0v) is 19.6. The van der Waals surface area contributed by atoms with Crippen molar-refractivity contribution in [1.29, 1.82) is 0 Å². The number of hydrogen-bond donors (Lipinski definition) is 1. The van der Waals surface area contributed by atoms with Crippen molar-refractivity contribution in [2.24, 2.45) is 5.92 Å². The van der Waals surface area contributed by atoms with Gasteiger partial charge in [-0.15, -0.1) is 4.90 Å². The SMILES string of the molecule is Cc1cc(CN2C(=O)C3=CC(S(=O)(=O)NC4(C)CC4)C=CC3=[N+](CC3CC(F)(F)C3)C2=O)on1. The normalized spacial score (nSPS) is 25.8. The van der Waals surface area contributed by atoms with Gasteiger partial charge in [-0.3, -0.25) is 0 Å². The summed E-state index contributed by atoms with van der Waals surface area (Å²) in [5, 5.41) is 2.66. The van der Waals surface area contributed by atoms with Gasteiger partial charge in [0.2, 0.25) is 15.9 Å². The van der Waals surface area contributed by atoms with Crippen LogP contribution < -0.4 is 4.72 Å². The zero-order valence-electron chi connectivity index (χ0n) is 18.8. The Balaban J connectivity index is 1.50. The Hall–Kier alpha value is -2.73. The van der Waals surface area contributed by atoms with E-state index in [4.69, 9.17) is 4.52 Å². The van der Waals surface area contributed by atoms with E-state index in [1.54, 1.807) is 13.0 Å². The molecule has 1 atom stereocenters. The molecule has 1 unspecified atom stereocenters. The highest BCUT2D eigenvalue weighted by atomic mass is 32.2. The van der Waals surface area contributed by atoms with E-state index in [2.05, 4.69) is 9.88 Å². The highest BCUT2D eigenvalue weighted by molar-refractivity contribution is 7.90. The first-order valence-electron chi connectivity index (χ1n) is 11.1. The summed E-state index contributed by atoms with van der Waals surface area (Å²) >= 11 is 0. The number of allylic oxidation sites excluding steroid dienone is 1. The molecule has 182 valence electrons. The second-order valence-electron chi connectivity index (χ2n) is 9.85. The molecule has 1 aromatic rings. The lowest BCUT2D eigenvalue weighted by Crippen LogP contribution is -2.54. The standard InChI is InChI=1S/C22H25F2N4O5S/c1-13-7-15(33-25-13)12-28-19(29)17-8-16(34(31,32)26-21(2)5-6-21)3-4-18(17)27(20(28)30)11-14-9-22(23,24)10-14/h3-4,7-8,14,16,26H,5-6,9-12H2,1-2H3/q+1. The summed E-state index contributed by atoms with van der Waals surface area (Å²) in [4.78, 5) is 27.5. The van der Waals surface area contributed by atoms with Crippen LogP contribution in [0.2, 0.25) is 0 Å². The summed E-state index contributed by atoms with van der Waals surface area (Å²) in [5.41, 5.74) is 0.345. The van der Waals surface area contributed by atoms with Crippen LogP contribution in [0.25, 0.3) is 0 Å². The number of urea groups is 1. The molecule has 0 spiro atoms. The number of fused-ring (bicyclic) bond motifs is 1. The quantitative estimate of drug-likeness (QED) is 0.581. The summed E-state index contributed by atoms with van der Waals surface area (Å²) in [6.07, 6.45) is 4.92. The van der Waals surface area contributed by atoms with Gasteiger partial charge in [0.1, 0.15) is 16.5 Å². The Morgan fingerprint density at radius 3 is 2.59 bits per heavy atom. The fourth-order valence-electron chi connectivity index (χ4n) is 4.51. The molecule has 0 aromatic carbocycles. The second-order valence-corrected chi connectivity index (χ2v) is 11.7. The number of aromatic nitrogens is 1. The van der Waals surface area contributed by atoms with Gasteiger partial charge in [-0.05, 0) is 38.8 Å². The molecule has 1 aliphatic heterocycles. The number of alkyl halides is 2. The van der Waals surface area contributed by atoms with E-state index in [1.807, 2.05) is 6.92 Å². The Morgan fingerprint density at radius 2 is 2.00 bits per heavy atom. The monoisotopic (exact) mass is 495 g/mol. The number of rotatable bonds is 7. The van der Waals surface area contributed by atoms with Crippen molar-refractivity contribution < 1.29 is 35.9 Å². The number of imide groups is 1. The maximum absolute atomic E-state index is 13.4. The van der Waals surface area contributed by atoms with Gasteiger partial charge in [0, 0.05) is 30.4 Å². The van der Waals surface area contributed by atoms with Crippen LogP contribution >= 0.6 is 0 Å². The summed E-state index contributed by atoms with van der Waals surface area (Å²) in [5.74, 6) is -3.59. The number of nitrogens with one attached hydrogen (secondary N) is 1. The van der Waals surface area contributed by atoms with Crippen molar-refractivity contribution in [1.82, 2.24) is 14.8 Å². The zero-order chi connectivity index (χ0) is 24.5. The minimum atomic E-state index is -3.82. The lowest BCUT2D eigenvalue weighted by Gasteiger charge is -2.35. The van der Waals surface area contributed by atoms with Gasteiger partial charge < -0.3 is 4.52 Å². The average molecular weight is 496 g/mol. The van der Waals surface area contributed by atoms with E-state index in [-0.39, 0.29) is 43.0 Å². The molecule has 34 heavy (non-hydrogen) atoms. The number of amides is 3. The Kier molecular flexibility index (Phi) is 5.17. The molecule has 0 saturated heterocycles. The Labute approximate surface area is 195 Å². The maximum Gasteiger partial charge on any atom is 0.501 e. The van der Waals surface area contributed by atoms with Crippen LogP contribution in [0.5, 0.6) is 0 Å². The molecule has 3 amide bonds. The lowest BCUT2D eigenvalue weighted by atomic mass is 9.81. The Morgan fingerprint density at radius 1 is 1.29 bits per heavy atom. The molecule has 4 aliphatic rings. The predicted octanol–water partition coefficient (Wildman–Crippen LogP) is 2.28. The van der Waals surface area contributed by atoms with E-state index in [9.17, 15) is 26.8 Å². The van der Waals surface area contributed by atoms with Crippen LogP contribution in [0.4, 0.5) is 13.6 Å². The highest BCUT2D eigenvalue weighted by Crippen LogP contribution is 2.43. The molecule has 12 heteroatoms. The van der Waals surface area contributed by atoms with Crippen molar-refractivity contribution in [3.05, 3.63) is 41.3 Å². The van der Waals surface area contributed by atoms with Gasteiger partial charge in [0.25, 0.3) is 0 Å². The molecular formula is C22H25F2N4O5S+. The topological polar surface area (TPSA) is 113 Å². The van der Waals surface area contributed by atoms with Crippen LogP contribution in [0.3, 0.4) is 0 Å². The first kappa shape index (κ1) is 23.0. The van der Waals surface area contributed by atoms with E-state index in [1.165, 1.54) is 22.8 Å². The summed E-state index contributed by atoms with van der Waals surface area (Å²) in [6.45, 7) is 3.29. The smallest absolute Gasteiger partial charge is 0.357 e. The van der Waals surface area contributed by atoms with Gasteiger partial charge in [0.05, 0.1) is 12.2 Å². The fourth-order valence-corrected chi connectivity index (χ4v) is 6.13. The number of hydrogen-bond acceptors (Lipinski definition) is 6. The van der Waals surface area contributed by atoms with Crippen LogP contribution in [-0.4, -0.2) is 64.0 Å². The highest BCUT2D eigenvalue weighted by Gasteiger charge is 2.51. The van der Waals surface area contributed by atoms with Gasteiger partial charge in [-0.1, -0.05) is 11.2 Å². The third kappa shape index (κ3) is 4.24. The number of halogens is 2. The second kappa shape index (κ2) is 7.64. The molecule has 3 aliphatic carbocycles. The molecule has 2 heterocycles. The van der Waals surface area contributed by atoms with Crippen LogP contribution in [-0.2, 0) is 21.4 Å². The van der Waals surface area contributed by atoms with Crippen LogP contribution in [0.1, 0.15) is 44.1 Å². The third-order valence-electron chi connectivity index (χ3n) is 6.63. The number of sulfonamides is 1. The van der Waals surface area contributed by atoms with Crippen LogP contribution in [0.15, 0.2) is 34.4 Å². The molecule has 9 nitrogen and oxygen atoms in total. The fraction of sp³-hybridized carbons (Fsp3) is 0.545. The predicted molar refractivity (Wildman–Crippen MR) is 116 cm³/mol. The number of carbonyl (C=O) groups excluding carboxylic acids is 2. The van der Waals surface area contributed by atoms with E-state index in [0.717, 1.165) is 17.7 Å². The summed E-state index contributed by atoms with van der Waals surface area (Å²) in [7, 11) is -3.82. The largest absolute Gasteiger partial charge is 0.501 e. The minimum Gasteiger partial charge on any atom is -0.357 e. The minimum absolute atomic E-state index is 0.00160. The Bertz CT molecular complexity index is 1270. The third-order valence-corrected chi connectivity index (χ3v) is 8.42. The van der Waals surface area contributed by atoms with E-state index < -0.39 is 44.6 Å². The average Bonchev–Trinajstić information content (AvgIpc) is 3.30. The summed E-state index contributed by atoms with van der Waals surface area (Å²) < 4.78 is 61.8. The number of aryl methyl sites for hydroxylation is 1. The molecular weight excluding hydrogens is 470 g/mol. The maximum atomic E-state index is 13.4. The molecule has 1 N–H and O–H groups in total. The molecule has 0 bridgehead atoms. The van der Waals surface area contributed by atoms with Crippen LogP contribution in [0, 0.1) is 12.8 Å². The first-order chi connectivity index (χ1) is 15.9. The van der Waals surface area contributed by atoms with Crippen molar-refractivity contribution in [3.8, 4) is 0 Å². The lowest BCUT2D eigenvalue weighted by molar-refractivity contribution is -0.453. The molecule has 1 aromatic heterocycles. The molecule has 2 fully saturated rings. The van der Waals surface area contributed by atoms with Gasteiger partial charge in [-0.25, -0.2) is 26.7 Å². The molecule has 0 radical (unpaired) electrons. The van der Waals surface area contributed by atoms with Crippen molar-refractivity contribution in [2.75, 3.05) is 6.54 Å². The van der Waals surface area contributed by atoms with Gasteiger partial charge in [0.15, 0.2) is 12.3 Å². The first-order valence-corrected chi connectivity index (χ1v) is 12.6. The number of nitrogens with zero attached hydrogens (tertiary/aromatic N) is 3. The molecule has 2 saturated carbocycles. The van der Waals surface area contributed by atoms with Crippen molar-refractivity contribution in [2.45, 2.75) is 62.8 Å². The van der Waals surface area contributed by atoms with Gasteiger partial charge in [-0.2, -0.15) is 9.37 Å². The van der Waals surface area contributed by atoms with E-state index in [0.29, 0.717) is 5.69 Å². The number of carbonyl (C=O) groups is 2. The molecule has 5 rings (SSSR count).